The number of allylic oxidation sites excluding steroid dienone is 18. The van der Waals surface area contributed by atoms with Crippen LogP contribution in [-0.4, -0.2) is 140 Å². The molecule has 12 atom stereocenters. The summed E-state index contributed by atoms with van der Waals surface area (Å²) < 4.78 is 23.0. The number of nitrogens with one attached hydrogen (secondary N) is 1. The number of hydrogen-bond acceptors (Lipinski definition) is 13. The zero-order valence-electron chi connectivity index (χ0n) is 64.8. The largest absolute Gasteiger partial charge is 0.394 e. The van der Waals surface area contributed by atoms with Gasteiger partial charge >= 0.3 is 0 Å². The molecule has 0 radical (unpaired) electrons. The molecule has 9 N–H and O–H groups in total. The lowest BCUT2D eigenvalue weighted by Crippen LogP contribution is -2.65. The van der Waals surface area contributed by atoms with Gasteiger partial charge in [0.2, 0.25) is 5.91 Å². The number of aliphatic hydroxyl groups is 8. The Kier molecular flexibility index (Phi) is 65.6. The van der Waals surface area contributed by atoms with Crippen molar-refractivity contribution in [1.29, 1.82) is 0 Å². The first-order valence-corrected chi connectivity index (χ1v) is 42.1. The highest BCUT2D eigenvalue weighted by molar-refractivity contribution is 5.76. The number of unbranched alkanes of at least 4 members (excludes halogenated alkanes) is 39. The summed E-state index contributed by atoms with van der Waals surface area (Å²) in [6.07, 6.45) is 85.6. The van der Waals surface area contributed by atoms with Crippen molar-refractivity contribution >= 4 is 5.91 Å². The van der Waals surface area contributed by atoms with Crippen molar-refractivity contribution in [1.82, 2.24) is 5.32 Å². The van der Waals surface area contributed by atoms with Gasteiger partial charge in [-0.2, -0.15) is 0 Å². The number of carbonyl (C=O) groups is 1. The van der Waals surface area contributed by atoms with Gasteiger partial charge in [-0.3, -0.25) is 4.79 Å². The van der Waals surface area contributed by atoms with Crippen LogP contribution in [0.4, 0.5) is 0 Å². The van der Waals surface area contributed by atoms with Crippen molar-refractivity contribution in [2.45, 2.75) is 421 Å². The van der Waals surface area contributed by atoms with Crippen LogP contribution in [-0.2, 0) is 23.7 Å². The van der Waals surface area contributed by atoms with E-state index in [4.69, 9.17) is 18.9 Å². The van der Waals surface area contributed by atoms with Crippen LogP contribution in [0.3, 0.4) is 0 Å². The molecule has 0 saturated carbocycles. The fourth-order valence-corrected chi connectivity index (χ4v) is 13.4. The topological polar surface area (TPSA) is 228 Å². The number of carbonyl (C=O) groups excluding carboxylic acids is 1. The van der Waals surface area contributed by atoms with Gasteiger partial charge in [-0.05, 0) is 83.5 Å². The molecule has 2 aliphatic rings. The van der Waals surface area contributed by atoms with Gasteiger partial charge in [0.05, 0.1) is 32.0 Å². The number of ether oxygens (including phenoxy) is 4. The number of hydrogen-bond donors (Lipinski definition) is 9. The minimum atomic E-state index is -1.79. The fraction of sp³-hybridized carbons (Fsp3) is 0.784. The normalized spacial score (nSPS) is 22.2. The highest BCUT2D eigenvalue weighted by atomic mass is 16.7. The lowest BCUT2D eigenvalue weighted by atomic mass is 9.97. The molecule has 12 unspecified atom stereocenters. The number of rotatable bonds is 70. The first-order chi connectivity index (χ1) is 50.1. The molecule has 2 rings (SSSR count). The van der Waals surface area contributed by atoms with Gasteiger partial charge in [-0.1, -0.05) is 367 Å². The van der Waals surface area contributed by atoms with Crippen LogP contribution >= 0.6 is 0 Å². The Morgan fingerprint density at radius 2 is 0.676 bits per heavy atom. The third-order valence-corrected chi connectivity index (χ3v) is 20.0. The zero-order chi connectivity index (χ0) is 73.7. The molecule has 102 heavy (non-hydrogen) atoms. The van der Waals surface area contributed by atoms with E-state index in [0.29, 0.717) is 12.8 Å². The SMILES string of the molecule is CC/C=C\C/C=C\C/C=C\C/C=C\C/C=C\C/C=C\C/C=C\C/C=C\C/C=C\CCCCCCCCCC(=O)NC(COC1OC(CO)C(OC2OC(CO)C(O)C(O)C2O)C(O)C1O)C(O)CCCCCCCCCCCCCCCCCCCCCCCCCCCCCCCCCCC. The molecule has 590 valence electrons. The van der Waals surface area contributed by atoms with E-state index in [-0.39, 0.29) is 18.9 Å². The second-order valence-electron chi connectivity index (χ2n) is 29.2. The molecule has 14 nitrogen and oxygen atoms in total. The monoisotopic (exact) mass is 1430 g/mol. The van der Waals surface area contributed by atoms with E-state index >= 15 is 0 Å². The van der Waals surface area contributed by atoms with Crippen LogP contribution in [0.25, 0.3) is 0 Å². The van der Waals surface area contributed by atoms with Crippen molar-refractivity contribution in [3.05, 3.63) is 109 Å². The third kappa shape index (κ3) is 52.6. The Hall–Kier alpha value is -3.35. The smallest absolute Gasteiger partial charge is 0.220 e. The molecule has 2 saturated heterocycles. The Morgan fingerprint density at radius 1 is 0.363 bits per heavy atom. The minimum Gasteiger partial charge on any atom is -0.394 e. The fourth-order valence-electron chi connectivity index (χ4n) is 13.4. The molecular formula is C88H155NO13. The van der Waals surface area contributed by atoms with Crippen molar-refractivity contribution in [3.63, 3.8) is 0 Å². The lowest BCUT2D eigenvalue weighted by molar-refractivity contribution is -0.359. The van der Waals surface area contributed by atoms with Gasteiger partial charge in [0.1, 0.15) is 48.8 Å². The average molecular weight is 1440 g/mol. The van der Waals surface area contributed by atoms with E-state index in [1.165, 1.54) is 193 Å². The van der Waals surface area contributed by atoms with Crippen LogP contribution in [0.5, 0.6) is 0 Å². The molecule has 2 fully saturated rings. The van der Waals surface area contributed by atoms with Gasteiger partial charge in [0.15, 0.2) is 12.6 Å². The van der Waals surface area contributed by atoms with E-state index in [1.54, 1.807) is 0 Å². The summed E-state index contributed by atoms with van der Waals surface area (Å²) in [6.45, 7) is 2.78. The van der Waals surface area contributed by atoms with E-state index in [1.807, 2.05) is 0 Å². The summed E-state index contributed by atoms with van der Waals surface area (Å²) in [5.41, 5.74) is 0. The van der Waals surface area contributed by atoms with Crippen molar-refractivity contribution in [2.24, 2.45) is 0 Å². The molecule has 0 spiro atoms. The second kappa shape index (κ2) is 70.6. The average Bonchev–Trinajstić information content (AvgIpc) is 0.790. The maximum Gasteiger partial charge on any atom is 0.220 e. The zero-order valence-corrected chi connectivity index (χ0v) is 64.8. The maximum absolute atomic E-state index is 13.4. The summed E-state index contributed by atoms with van der Waals surface area (Å²) in [5, 5.41) is 88.0. The van der Waals surface area contributed by atoms with Gasteiger partial charge in [0, 0.05) is 6.42 Å². The third-order valence-electron chi connectivity index (χ3n) is 20.0. The minimum absolute atomic E-state index is 0.217. The highest BCUT2D eigenvalue weighted by Crippen LogP contribution is 2.30. The number of aliphatic hydroxyl groups excluding tert-OH is 8. The van der Waals surface area contributed by atoms with Crippen molar-refractivity contribution < 1.29 is 64.6 Å². The van der Waals surface area contributed by atoms with E-state index in [9.17, 15) is 45.6 Å². The van der Waals surface area contributed by atoms with Gasteiger partial charge in [-0.15, -0.1) is 0 Å². The molecule has 2 aliphatic heterocycles. The van der Waals surface area contributed by atoms with E-state index in [2.05, 4.69) is 129 Å². The Morgan fingerprint density at radius 3 is 1.04 bits per heavy atom. The van der Waals surface area contributed by atoms with E-state index < -0.39 is 86.8 Å². The summed E-state index contributed by atoms with van der Waals surface area (Å²) in [4.78, 5) is 13.4. The predicted octanol–water partition coefficient (Wildman–Crippen LogP) is 19.8. The van der Waals surface area contributed by atoms with Crippen molar-refractivity contribution in [3.8, 4) is 0 Å². The molecule has 1 amide bonds. The van der Waals surface area contributed by atoms with E-state index in [0.717, 1.165) is 122 Å². The van der Waals surface area contributed by atoms with Crippen LogP contribution < -0.4 is 5.32 Å². The Labute approximate surface area is 623 Å². The molecule has 0 aromatic rings. The van der Waals surface area contributed by atoms with Crippen LogP contribution in [0.1, 0.15) is 348 Å². The summed E-state index contributed by atoms with van der Waals surface area (Å²) in [5.74, 6) is -0.217. The first kappa shape index (κ1) is 94.7. The molecule has 0 aliphatic carbocycles. The molecule has 0 aromatic heterocycles. The molecule has 14 heteroatoms. The Bertz CT molecular complexity index is 2140. The standard InChI is InChI=1S/C88H155NO13/c1-3-5-7-9-11-13-15-17-19-21-23-25-27-29-31-33-35-37-38-40-42-44-46-48-50-52-54-56-58-60-62-64-66-68-70-72-80(93)89-76(75-99-87-85(98)83(96)86(79(74-91)101-87)102-88-84(97)82(95)81(94)78(73-90)100-88)77(92)71-69-67-65-63-61-59-57-55-53-51-49-47-45-43-41-39-36-34-32-30-28-26-24-22-20-18-16-14-12-10-8-6-4-2/h5,7,11,13,17,19,23,25,29,31,35,37,40,42,46,48,52,54,76-79,81-88,90-92,94-98H,3-4,6,8-10,12,14-16,18,20-22,24,26-28,30,32-34,36,38-39,41,43-45,47,49-51,53,55-75H2,1-2H3,(H,89,93)/b7-5-,13-11-,19-17-,25-23-,31-29-,37-35-,42-40-,48-46-,54-52-. The quantitative estimate of drug-likeness (QED) is 0.0204. The first-order valence-electron chi connectivity index (χ1n) is 42.1. The molecule has 0 bridgehead atoms. The summed E-state index contributed by atoms with van der Waals surface area (Å²) >= 11 is 0. The van der Waals surface area contributed by atoms with Gasteiger partial charge < -0.3 is 65.1 Å². The maximum atomic E-state index is 13.4. The molecular weight excluding hydrogens is 1280 g/mol. The van der Waals surface area contributed by atoms with Crippen LogP contribution in [0.2, 0.25) is 0 Å². The van der Waals surface area contributed by atoms with Gasteiger partial charge in [0.25, 0.3) is 0 Å². The highest BCUT2D eigenvalue weighted by Gasteiger charge is 2.51. The van der Waals surface area contributed by atoms with Crippen LogP contribution in [0, 0.1) is 0 Å². The molecule has 2 heterocycles. The second-order valence-corrected chi connectivity index (χ2v) is 29.2. The van der Waals surface area contributed by atoms with Crippen molar-refractivity contribution in [2.75, 3.05) is 19.8 Å². The Balaban J connectivity index is 1.61. The lowest BCUT2D eigenvalue weighted by Gasteiger charge is -2.46. The summed E-state index contributed by atoms with van der Waals surface area (Å²) in [7, 11) is 0. The number of amides is 1. The molecule has 0 aromatic carbocycles. The predicted molar refractivity (Wildman–Crippen MR) is 424 cm³/mol. The van der Waals surface area contributed by atoms with Crippen LogP contribution in [0.15, 0.2) is 109 Å². The summed E-state index contributed by atoms with van der Waals surface area (Å²) in [6, 6.07) is -0.846. The van der Waals surface area contributed by atoms with Gasteiger partial charge in [-0.25, -0.2) is 0 Å².